The Hall–Kier alpha value is -1.90. The van der Waals surface area contributed by atoms with Crippen molar-refractivity contribution in [1.29, 1.82) is 0 Å². The number of hydrogen-bond donors (Lipinski definition) is 3. The fourth-order valence-corrected chi connectivity index (χ4v) is 3.66. The molecule has 0 radical (unpaired) electrons. The molecule has 0 aliphatic heterocycles. The maximum Gasteiger partial charge on any atom is 0.138 e. The van der Waals surface area contributed by atoms with E-state index in [-0.39, 0.29) is 5.82 Å². The lowest BCUT2D eigenvalue weighted by molar-refractivity contribution is 0.633. The highest BCUT2D eigenvalue weighted by molar-refractivity contribution is 7.27. The van der Waals surface area contributed by atoms with Gasteiger partial charge in [0.2, 0.25) is 0 Å². The van der Waals surface area contributed by atoms with Crippen molar-refractivity contribution in [2.45, 2.75) is 31.7 Å². The van der Waals surface area contributed by atoms with Crippen LogP contribution in [0, 0.1) is 5.82 Å². The summed E-state index contributed by atoms with van der Waals surface area (Å²) in [5.74, 6) is -0.241. The van der Waals surface area contributed by atoms with Gasteiger partial charge in [0.1, 0.15) is 5.82 Å². The van der Waals surface area contributed by atoms with Crippen LogP contribution in [0.25, 0.3) is 5.57 Å². The van der Waals surface area contributed by atoms with Crippen LogP contribution >= 0.6 is 9.24 Å². The molecule has 132 valence electrons. The molecule has 0 heterocycles. The van der Waals surface area contributed by atoms with Crippen LogP contribution in [0.1, 0.15) is 36.8 Å². The Morgan fingerprint density at radius 1 is 1.24 bits per heavy atom. The number of nitrogen functional groups attached to an aromatic ring is 1. The van der Waals surface area contributed by atoms with Crippen molar-refractivity contribution >= 4 is 31.5 Å². The molecule has 1 atom stereocenters. The van der Waals surface area contributed by atoms with E-state index in [1.165, 1.54) is 25.7 Å². The first kappa shape index (κ1) is 17.9. The highest BCUT2D eigenvalue weighted by Crippen LogP contribution is 2.32. The van der Waals surface area contributed by atoms with Crippen LogP contribution in [0.5, 0.6) is 0 Å². The maximum absolute atomic E-state index is 14.6. The zero-order valence-electron chi connectivity index (χ0n) is 14.3. The molecule has 0 amide bonds. The maximum atomic E-state index is 14.6. The van der Waals surface area contributed by atoms with Gasteiger partial charge in [-0.2, -0.15) is 0 Å². The van der Waals surface area contributed by atoms with Crippen LogP contribution in [-0.2, 0) is 0 Å². The third kappa shape index (κ3) is 4.02. The monoisotopic (exact) mass is 357 g/mol. The second kappa shape index (κ2) is 7.99. The predicted octanol–water partition coefficient (Wildman–Crippen LogP) is 3.65. The van der Waals surface area contributed by atoms with E-state index in [1.807, 2.05) is 30.3 Å². The standard InChI is InChI=1S/C20H25FN3P/c21-20-16(6-3-7-19(20)25)15(10-11-22)13-8-9-17(23)18(12-13)24-14-4-1-2-5-14/h3,6-10,12,14,24H,1-2,4-5,11,22-23,25H2/b15-10-. The predicted molar refractivity (Wildman–Crippen MR) is 109 cm³/mol. The van der Waals surface area contributed by atoms with Gasteiger partial charge in [0.05, 0.1) is 11.4 Å². The molecule has 2 aromatic rings. The van der Waals surface area contributed by atoms with Crippen molar-refractivity contribution in [3.8, 4) is 0 Å². The summed E-state index contributed by atoms with van der Waals surface area (Å²) in [4.78, 5) is 0. The van der Waals surface area contributed by atoms with Crippen molar-refractivity contribution in [2.75, 3.05) is 17.6 Å². The second-order valence-electron chi connectivity index (χ2n) is 6.49. The Labute approximate surface area is 150 Å². The van der Waals surface area contributed by atoms with Gasteiger partial charge in [0.15, 0.2) is 0 Å². The van der Waals surface area contributed by atoms with Crippen molar-refractivity contribution in [1.82, 2.24) is 0 Å². The minimum atomic E-state index is -0.241. The van der Waals surface area contributed by atoms with Crippen LogP contribution in [0.3, 0.4) is 0 Å². The van der Waals surface area contributed by atoms with Gasteiger partial charge in [-0.05, 0) is 36.1 Å². The molecule has 1 aliphatic rings. The van der Waals surface area contributed by atoms with Crippen molar-refractivity contribution in [3.63, 3.8) is 0 Å². The number of rotatable bonds is 5. The Morgan fingerprint density at radius 3 is 2.72 bits per heavy atom. The molecular formula is C20H25FN3P. The van der Waals surface area contributed by atoms with Crippen LogP contribution in [0.15, 0.2) is 42.5 Å². The largest absolute Gasteiger partial charge is 0.397 e. The first-order valence-corrected chi connectivity index (χ1v) is 9.29. The molecule has 1 saturated carbocycles. The van der Waals surface area contributed by atoms with E-state index < -0.39 is 0 Å². The molecule has 0 bridgehead atoms. The molecule has 1 aliphatic carbocycles. The Balaban J connectivity index is 1.99. The molecule has 2 aromatic carbocycles. The molecule has 25 heavy (non-hydrogen) atoms. The summed E-state index contributed by atoms with van der Waals surface area (Å²) in [7, 11) is 2.43. The van der Waals surface area contributed by atoms with Crippen LogP contribution in [0.2, 0.25) is 0 Å². The average molecular weight is 357 g/mol. The van der Waals surface area contributed by atoms with E-state index in [9.17, 15) is 4.39 Å². The molecule has 1 fully saturated rings. The van der Waals surface area contributed by atoms with Crippen LogP contribution in [0.4, 0.5) is 15.8 Å². The Bertz CT molecular complexity index is 783. The Kier molecular flexibility index (Phi) is 5.72. The number of nitrogens with one attached hydrogen (secondary N) is 1. The fraction of sp³-hybridized carbons (Fsp3) is 0.300. The van der Waals surface area contributed by atoms with Crippen LogP contribution in [-0.4, -0.2) is 12.6 Å². The van der Waals surface area contributed by atoms with E-state index in [1.54, 1.807) is 12.1 Å². The van der Waals surface area contributed by atoms with Crippen molar-refractivity contribution in [2.24, 2.45) is 5.73 Å². The van der Waals surface area contributed by atoms with E-state index in [2.05, 4.69) is 14.6 Å². The number of halogens is 1. The van der Waals surface area contributed by atoms with Gasteiger partial charge in [-0.25, -0.2) is 4.39 Å². The first-order chi connectivity index (χ1) is 12.1. The lowest BCUT2D eigenvalue weighted by atomic mass is 9.96. The summed E-state index contributed by atoms with van der Waals surface area (Å²) in [5, 5.41) is 4.08. The molecular weight excluding hydrogens is 332 g/mol. The fourth-order valence-electron chi connectivity index (χ4n) is 3.40. The van der Waals surface area contributed by atoms with Gasteiger partial charge in [0, 0.05) is 23.5 Å². The summed E-state index contributed by atoms with van der Waals surface area (Å²) >= 11 is 0. The molecule has 3 nitrogen and oxygen atoms in total. The first-order valence-electron chi connectivity index (χ1n) is 8.71. The minimum Gasteiger partial charge on any atom is -0.397 e. The molecule has 5 heteroatoms. The Morgan fingerprint density at radius 2 is 2.00 bits per heavy atom. The van der Waals surface area contributed by atoms with Crippen molar-refractivity contribution < 1.29 is 4.39 Å². The summed E-state index contributed by atoms with van der Waals surface area (Å²) < 4.78 is 14.6. The van der Waals surface area contributed by atoms with E-state index in [0.29, 0.717) is 29.1 Å². The lowest BCUT2D eigenvalue weighted by Crippen LogP contribution is -2.16. The van der Waals surface area contributed by atoms with Crippen molar-refractivity contribution in [3.05, 3.63) is 59.4 Å². The molecule has 0 spiro atoms. The number of hydrogen-bond acceptors (Lipinski definition) is 3. The molecule has 5 N–H and O–H groups in total. The van der Waals surface area contributed by atoms with Crippen LogP contribution < -0.4 is 22.1 Å². The molecule has 0 aromatic heterocycles. The summed E-state index contributed by atoms with van der Waals surface area (Å²) in [6.45, 7) is 0.339. The normalized spacial score (nSPS) is 15.6. The van der Waals surface area contributed by atoms with Gasteiger partial charge in [-0.15, -0.1) is 9.24 Å². The average Bonchev–Trinajstić information content (AvgIpc) is 3.11. The molecule has 1 unspecified atom stereocenters. The molecule has 3 rings (SSSR count). The lowest BCUT2D eigenvalue weighted by Gasteiger charge is -2.18. The second-order valence-corrected chi connectivity index (χ2v) is 7.11. The minimum absolute atomic E-state index is 0.241. The van der Waals surface area contributed by atoms with Gasteiger partial charge in [-0.3, -0.25) is 0 Å². The zero-order valence-corrected chi connectivity index (χ0v) is 15.4. The summed E-state index contributed by atoms with van der Waals surface area (Å²) in [6, 6.07) is 11.6. The highest BCUT2D eigenvalue weighted by Gasteiger charge is 2.17. The van der Waals surface area contributed by atoms with E-state index >= 15 is 0 Å². The zero-order chi connectivity index (χ0) is 17.8. The number of nitrogens with two attached hydrogens (primary N) is 2. The molecule has 0 saturated heterocycles. The topological polar surface area (TPSA) is 64.1 Å². The number of benzene rings is 2. The summed E-state index contributed by atoms with van der Waals surface area (Å²) in [5.41, 5.74) is 15.8. The third-order valence-corrected chi connectivity index (χ3v) is 5.17. The van der Waals surface area contributed by atoms with Gasteiger partial charge in [0.25, 0.3) is 0 Å². The quantitative estimate of drug-likeness (QED) is 0.565. The van der Waals surface area contributed by atoms with Gasteiger partial charge < -0.3 is 16.8 Å². The van der Waals surface area contributed by atoms with E-state index in [0.717, 1.165) is 16.8 Å². The smallest absolute Gasteiger partial charge is 0.138 e. The number of anilines is 2. The SMILES string of the molecule is NC/C=C(/c1ccc(N)c(NC2CCCC2)c1)c1cccc(P)c1F. The highest BCUT2D eigenvalue weighted by atomic mass is 31.0. The van der Waals surface area contributed by atoms with E-state index in [4.69, 9.17) is 11.5 Å². The van der Waals surface area contributed by atoms with Gasteiger partial charge >= 0.3 is 0 Å². The third-order valence-electron chi connectivity index (χ3n) is 4.72. The van der Waals surface area contributed by atoms with Gasteiger partial charge in [-0.1, -0.05) is 43.2 Å². The summed E-state index contributed by atoms with van der Waals surface area (Å²) in [6.07, 6.45) is 6.69.